The van der Waals surface area contributed by atoms with E-state index in [1.165, 1.54) is 0 Å². The molecule has 1 heterocycles. The second-order valence-electron chi connectivity index (χ2n) is 2.80. The number of nitrogens with one attached hydrogen (secondary N) is 1. The first-order valence-corrected chi connectivity index (χ1v) is 3.46. The van der Waals surface area contributed by atoms with Crippen LogP contribution in [0.5, 0.6) is 0 Å². The highest BCUT2D eigenvalue weighted by Crippen LogP contribution is 2.16. The van der Waals surface area contributed by atoms with Crippen LogP contribution in [0, 0.1) is 5.92 Å². The van der Waals surface area contributed by atoms with Gasteiger partial charge >= 0.3 is 0 Å². The number of aromatic amines is 1. The molecule has 1 aromatic rings. The van der Waals surface area contributed by atoms with Crippen molar-refractivity contribution in [2.24, 2.45) is 11.7 Å². The molecular weight excluding hydrogens is 126 g/mol. The zero-order valence-electron chi connectivity index (χ0n) is 6.33. The van der Waals surface area contributed by atoms with E-state index in [4.69, 9.17) is 5.73 Å². The third kappa shape index (κ3) is 1.36. The van der Waals surface area contributed by atoms with E-state index in [2.05, 4.69) is 24.0 Å². The molecule has 0 aliphatic heterocycles. The average Bonchev–Trinajstić information content (AvgIpc) is 2.36. The Hall–Kier alpha value is -0.830. The lowest BCUT2D eigenvalue weighted by atomic mass is 10.0. The normalized spacial score (nSPS) is 14.0. The standard InChI is InChI=1S/C7H13N3/c1-5(2)7(8)6-3-9-10-4-6/h3-5,7H,8H2,1-2H3,(H,9,10). The van der Waals surface area contributed by atoms with Gasteiger partial charge in [0.25, 0.3) is 0 Å². The van der Waals surface area contributed by atoms with Gasteiger partial charge in [-0.25, -0.2) is 0 Å². The van der Waals surface area contributed by atoms with Crippen molar-refractivity contribution >= 4 is 0 Å². The van der Waals surface area contributed by atoms with Gasteiger partial charge in [0, 0.05) is 17.8 Å². The van der Waals surface area contributed by atoms with E-state index < -0.39 is 0 Å². The number of rotatable bonds is 2. The first kappa shape index (κ1) is 7.28. The monoisotopic (exact) mass is 139 g/mol. The zero-order valence-corrected chi connectivity index (χ0v) is 6.33. The minimum Gasteiger partial charge on any atom is -0.324 e. The van der Waals surface area contributed by atoms with Crippen molar-refractivity contribution in [3.8, 4) is 0 Å². The second kappa shape index (κ2) is 2.84. The fourth-order valence-corrected chi connectivity index (χ4v) is 0.828. The zero-order chi connectivity index (χ0) is 7.56. The van der Waals surface area contributed by atoms with Gasteiger partial charge in [-0.15, -0.1) is 0 Å². The molecule has 0 aliphatic rings. The van der Waals surface area contributed by atoms with Gasteiger partial charge in [-0.2, -0.15) is 5.10 Å². The Morgan fingerprint density at radius 3 is 2.70 bits per heavy atom. The molecule has 0 aliphatic carbocycles. The molecule has 1 atom stereocenters. The topological polar surface area (TPSA) is 54.7 Å². The molecule has 56 valence electrons. The van der Waals surface area contributed by atoms with Gasteiger partial charge in [-0.05, 0) is 5.92 Å². The van der Waals surface area contributed by atoms with E-state index in [9.17, 15) is 0 Å². The van der Waals surface area contributed by atoms with Gasteiger partial charge < -0.3 is 5.73 Å². The SMILES string of the molecule is CC(C)C(N)c1cn[nH]c1. The molecule has 3 heteroatoms. The van der Waals surface area contributed by atoms with Crippen molar-refractivity contribution in [2.75, 3.05) is 0 Å². The third-order valence-electron chi connectivity index (χ3n) is 1.62. The predicted molar refractivity (Wildman–Crippen MR) is 40.4 cm³/mol. The van der Waals surface area contributed by atoms with Crippen LogP contribution in [0.1, 0.15) is 25.5 Å². The summed E-state index contributed by atoms with van der Waals surface area (Å²) in [6.45, 7) is 4.19. The van der Waals surface area contributed by atoms with Crippen LogP contribution in [0.4, 0.5) is 0 Å². The summed E-state index contributed by atoms with van der Waals surface area (Å²) < 4.78 is 0. The molecule has 0 fully saturated rings. The van der Waals surface area contributed by atoms with Crippen molar-refractivity contribution in [1.82, 2.24) is 10.2 Å². The van der Waals surface area contributed by atoms with E-state index in [0.29, 0.717) is 5.92 Å². The molecule has 1 rings (SSSR count). The molecular formula is C7H13N3. The number of hydrogen-bond donors (Lipinski definition) is 2. The summed E-state index contributed by atoms with van der Waals surface area (Å²) in [5, 5.41) is 6.56. The fraction of sp³-hybridized carbons (Fsp3) is 0.571. The quantitative estimate of drug-likeness (QED) is 0.643. The summed E-state index contributed by atoms with van der Waals surface area (Å²) in [5.41, 5.74) is 6.90. The lowest BCUT2D eigenvalue weighted by Gasteiger charge is -2.12. The Bertz CT molecular complexity index is 179. The smallest absolute Gasteiger partial charge is 0.0535 e. The summed E-state index contributed by atoms with van der Waals surface area (Å²) in [5.74, 6) is 0.470. The molecule has 0 saturated carbocycles. The van der Waals surface area contributed by atoms with Crippen molar-refractivity contribution in [2.45, 2.75) is 19.9 Å². The lowest BCUT2D eigenvalue weighted by molar-refractivity contribution is 0.514. The number of nitrogens with two attached hydrogens (primary N) is 1. The molecule has 3 nitrogen and oxygen atoms in total. The minimum atomic E-state index is 0.110. The second-order valence-corrected chi connectivity index (χ2v) is 2.80. The molecule has 3 N–H and O–H groups in total. The predicted octanol–water partition coefficient (Wildman–Crippen LogP) is 1.07. The van der Waals surface area contributed by atoms with Crippen molar-refractivity contribution in [1.29, 1.82) is 0 Å². The molecule has 0 amide bonds. The Labute approximate surface area is 60.6 Å². The van der Waals surface area contributed by atoms with Crippen molar-refractivity contribution < 1.29 is 0 Å². The lowest BCUT2D eigenvalue weighted by Crippen LogP contribution is -2.15. The maximum absolute atomic E-state index is 5.82. The Morgan fingerprint density at radius 1 is 1.60 bits per heavy atom. The van der Waals surface area contributed by atoms with Gasteiger partial charge in [-0.1, -0.05) is 13.8 Å². The van der Waals surface area contributed by atoms with Gasteiger partial charge in [0.15, 0.2) is 0 Å². The molecule has 1 aromatic heterocycles. The van der Waals surface area contributed by atoms with Crippen LogP contribution in [0.25, 0.3) is 0 Å². The highest BCUT2D eigenvalue weighted by molar-refractivity contribution is 5.08. The van der Waals surface area contributed by atoms with Crippen LogP contribution < -0.4 is 5.73 Å². The molecule has 0 spiro atoms. The maximum Gasteiger partial charge on any atom is 0.0535 e. The number of nitrogens with zero attached hydrogens (tertiary/aromatic N) is 1. The molecule has 0 saturated heterocycles. The van der Waals surface area contributed by atoms with Gasteiger partial charge in [0.1, 0.15) is 0 Å². The van der Waals surface area contributed by atoms with E-state index in [-0.39, 0.29) is 6.04 Å². The van der Waals surface area contributed by atoms with Gasteiger partial charge in [-0.3, -0.25) is 5.10 Å². The molecule has 0 aromatic carbocycles. The first-order valence-electron chi connectivity index (χ1n) is 3.46. The third-order valence-corrected chi connectivity index (χ3v) is 1.62. The number of H-pyrrole nitrogens is 1. The summed E-state index contributed by atoms with van der Waals surface area (Å²) in [6, 6.07) is 0.110. The van der Waals surface area contributed by atoms with E-state index in [1.807, 2.05) is 6.20 Å². The number of hydrogen-bond acceptors (Lipinski definition) is 2. The van der Waals surface area contributed by atoms with Crippen LogP contribution in [-0.2, 0) is 0 Å². The van der Waals surface area contributed by atoms with E-state index >= 15 is 0 Å². The Morgan fingerprint density at radius 2 is 2.30 bits per heavy atom. The molecule has 0 bridgehead atoms. The summed E-state index contributed by atoms with van der Waals surface area (Å²) in [4.78, 5) is 0. The highest BCUT2D eigenvalue weighted by Gasteiger charge is 2.09. The summed E-state index contributed by atoms with van der Waals surface area (Å²) >= 11 is 0. The van der Waals surface area contributed by atoms with E-state index in [0.717, 1.165) is 5.56 Å². The Kier molecular flexibility index (Phi) is 2.06. The average molecular weight is 139 g/mol. The highest BCUT2D eigenvalue weighted by atomic mass is 15.1. The largest absolute Gasteiger partial charge is 0.324 e. The van der Waals surface area contributed by atoms with Crippen LogP contribution >= 0.6 is 0 Å². The first-order chi connectivity index (χ1) is 4.72. The van der Waals surface area contributed by atoms with E-state index in [1.54, 1.807) is 6.20 Å². The van der Waals surface area contributed by atoms with Crippen molar-refractivity contribution in [3.05, 3.63) is 18.0 Å². The van der Waals surface area contributed by atoms with Gasteiger partial charge in [0.2, 0.25) is 0 Å². The Balaban J connectivity index is 2.68. The summed E-state index contributed by atoms with van der Waals surface area (Å²) in [7, 11) is 0. The summed E-state index contributed by atoms with van der Waals surface area (Å²) in [6.07, 6.45) is 3.61. The van der Waals surface area contributed by atoms with Crippen LogP contribution in [0.15, 0.2) is 12.4 Å². The maximum atomic E-state index is 5.82. The van der Waals surface area contributed by atoms with Crippen LogP contribution in [0.3, 0.4) is 0 Å². The molecule has 1 unspecified atom stereocenters. The van der Waals surface area contributed by atoms with Crippen LogP contribution in [-0.4, -0.2) is 10.2 Å². The number of aromatic nitrogens is 2. The van der Waals surface area contributed by atoms with Crippen LogP contribution in [0.2, 0.25) is 0 Å². The van der Waals surface area contributed by atoms with Gasteiger partial charge in [0.05, 0.1) is 6.20 Å². The fourth-order valence-electron chi connectivity index (χ4n) is 0.828. The van der Waals surface area contributed by atoms with Crippen molar-refractivity contribution in [3.63, 3.8) is 0 Å². The minimum absolute atomic E-state index is 0.110. The molecule has 10 heavy (non-hydrogen) atoms. The molecule has 0 radical (unpaired) electrons.